The van der Waals surface area contributed by atoms with Crippen molar-refractivity contribution >= 4 is 8.32 Å². The number of hydrogen-bond acceptors (Lipinski definition) is 2. The van der Waals surface area contributed by atoms with E-state index in [1.165, 1.54) is 0 Å². The molecule has 19 heavy (non-hydrogen) atoms. The molecule has 3 heteroatoms. The molecule has 0 rings (SSSR count). The van der Waals surface area contributed by atoms with Gasteiger partial charge in [-0.2, -0.15) is 5.26 Å². The molecule has 0 atom stereocenters. The van der Waals surface area contributed by atoms with E-state index in [0.717, 1.165) is 0 Å². The Morgan fingerprint density at radius 2 is 1.63 bits per heavy atom. The SMILES string of the molecule is CC(C)(C)C=C=C/C=C(\C#N)O[Si](C)(C)C(C)(C)C. The van der Waals surface area contributed by atoms with Crippen LogP contribution in [-0.4, -0.2) is 8.32 Å². The smallest absolute Gasteiger partial charge is 0.251 e. The van der Waals surface area contributed by atoms with Crippen LogP contribution in [0.3, 0.4) is 0 Å². The topological polar surface area (TPSA) is 33.0 Å². The third-order valence-corrected chi connectivity index (χ3v) is 7.47. The standard InChI is InChI=1S/C16H27NOSi/c1-15(2,3)12-10-9-11-14(13-17)18-19(7,8)16(4,5)6/h9,11-12H,1-8H3/b14-11+. The molecule has 2 nitrogen and oxygen atoms in total. The molecule has 0 saturated carbocycles. The van der Waals surface area contributed by atoms with Gasteiger partial charge in [0.2, 0.25) is 0 Å². The lowest BCUT2D eigenvalue weighted by Crippen LogP contribution is -2.40. The van der Waals surface area contributed by atoms with Gasteiger partial charge in [0.1, 0.15) is 6.07 Å². The lowest BCUT2D eigenvalue weighted by Gasteiger charge is -2.35. The van der Waals surface area contributed by atoms with Gasteiger partial charge in [-0.1, -0.05) is 41.5 Å². The molecular formula is C16H27NOSi. The monoisotopic (exact) mass is 277 g/mol. The van der Waals surface area contributed by atoms with E-state index < -0.39 is 8.32 Å². The van der Waals surface area contributed by atoms with Crippen molar-refractivity contribution in [3.63, 3.8) is 0 Å². The average Bonchev–Trinajstić information content (AvgIpc) is 2.19. The lowest BCUT2D eigenvalue weighted by molar-refractivity contribution is 0.403. The summed E-state index contributed by atoms with van der Waals surface area (Å²) in [4.78, 5) is 0. The van der Waals surface area contributed by atoms with Crippen LogP contribution in [0.1, 0.15) is 41.5 Å². The lowest BCUT2D eigenvalue weighted by atomic mass is 9.97. The summed E-state index contributed by atoms with van der Waals surface area (Å²) in [7, 11) is -1.93. The van der Waals surface area contributed by atoms with Crippen LogP contribution >= 0.6 is 0 Å². The molecule has 0 amide bonds. The van der Waals surface area contributed by atoms with Crippen LogP contribution in [0.4, 0.5) is 0 Å². The van der Waals surface area contributed by atoms with E-state index in [4.69, 9.17) is 9.69 Å². The molecule has 0 aromatic rings. The Bertz CT molecular complexity index is 433. The Labute approximate surface area is 119 Å². The fraction of sp³-hybridized carbons (Fsp3) is 0.625. The molecule has 0 aliphatic carbocycles. The summed E-state index contributed by atoms with van der Waals surface area (Å²) in [5.41, 5.74) is 3.17. The van der Waals surface area contributed by atoms with Crippen molar-refractivity contribution in [2.24, 2.45) is 5.41 Å². The molecule has 106 valence electrons. The molecule has 0 aromatic carbocycles. The molecule has 0 aliphatic rings. The highest BCUT2D eigenvalue weighted by Gasteiger charge is 2.39. The van der Waals surface area contributed by atoms with Crippen molar-refractivity contribution in [1.82, 2.24) is 0 Å². The molecule has 0 saturated heterocycles. The second kappa shape index (κ2) is 6.28. The van der Waals surface area contributed by atoms with Crippen LogP contribution in [0.15, 0.2) is 29.7 Å². The quantitative estimate of drug-likeness (QED) is 0.234. The van der Waals surface area contributed by atoms with Crippen molar-refractivity contribution in [3.05, 3.63) is 29.7 Å². The molecule has 0 bridgehead atoms. The number of nitriles is 1. The van der Waals surface area contributed by atoms with E-state index in [-0.39, 0.29) is 10.5 Å². The van der Waals surface area contributed by atoms with Crippen LogP contribution in [-0.2, 0) is 4.43 Å². The van der Waals surface area contributed by atoms with Gasteiger partial charge in [0.25, 0.3) is 8.32 Å². The highest BCUT2D eigenvalue weighted by molar-refractivity contribution is 6.74. The molecule has 0 aliphatic heterocycles. The van der Waals surface area contributed by atoms with E-state index in [1.807, 2.05) is 6.08 Å². The molecule has 0 unspecified atom stereocenters. The van der Waals surface area contributed by atoms with Gasteiger partial charge in [0.15, 0.2) is 5.76 Å². The summed E-state index contributed by atoms with van der Waals surface area (Å²) >= 11 is 0. The van der Waals surface area contributed by atoms with E-state index in [1.54, 1.807) is 12.2 Å². The normalized spacial score (nSPS) is 13.3. The van der Waals surface area contributed by atoms with Gasteiger partial charge in [-0.05, 0) is 41.8 Å². The van der Waals surface area contributed by atoms with E-state index in [0.29, 0.717) is 5.76 Å². The second-order valence-corrected chi connectivity index (χ2v) is 12.1. The largest absolute Gasteiger partial charge is 0.536 e. The summed E-state index contributed by atoms with van der Waals surface area (Å²) in [6.45, 7) is 17.1. The van der Waals surface area contributed by atoms with Crippen LogP contribution < -0.4 is 0 Å². The summed E-state index contributed by atoms with van der Waals surface area (Å²) in [6.07, 6.45) is 5.42. The van der Waals surface area contributed by atoms with Gasteiger partial charge in [-0.3, -0.25) is 0 Å². The molecule has 0 spiro atoms. The van der Waals surface area contributed by atoms with Crippen molar-refractivity contribution in [3.8, 4) is 6.07 Å². The predicted molar refractivity (Wildman–Crippen MR) is 84.1 cm³/mol. The minimum absolute atomic E-state index is 0.0912. The van der Waals surface area contributed by atoms with E-state index in [9.17, 15) is 0 Å². The maximum Gasteiger partial charge on any atom is 0.251 e. The highest BCUT2D eigenvalue weighted by Crippen LogP contribution is 2.37. The van der Waals surface area contributed by atoms with E-state index >= 15 is 0 Å². The third kappa shape index (κ3) is 7.05. The minimum atomic E-state index is -1.93. The molecule has 0 fully saturated rings. The van der Waals surface area contributed by atoms with Gasteiger partial charge in [0.05, 0.1) is 0 Å². The zero-order valence-electron chi connectivity index (χ0n) is 13.6. The van der Waals surface area contributed by atoms with Gasteiger partial charge in [-0.15, -0.1) is 5.73 Å². The first-order chi connectivity index (χ1) is 8.39. The van der Waals surface area contributed by atoms with Crippen molar-refractivity contribution in [1.29, 1.82) is 5.26 Å². The molecule has 0 N–H and O–H groups in total. The fourth-order valence-corrected chi connectivity index (χ4v) is 1.91. The minimum Gasteiger partial charge on any atom is -0.536 e. The van der Waals surface area contributed by atoms with Crippen LogP contribution in [0.2, 0.25) is 18.1 Å². The Morgan fingerprint density at radius 1 is 1.11 bits per heavy atom. The Balaban J connectivity index is 4.99. The number of nitrogens with zero attached hydrogens (tertiary/aromatic N) is 1. The zero-order chi connectivity index (χ0) is 15.3. The highest BCUT2D eigenvalue weighted by atomic mass is 28.4. The van der Waals surface area contributed by atoms with Crippen LogP contribution in [0.5, 0.6) is 0 Å². The Morgan fingerprint density at radius 3 is 2.00 bits per heavy atom. The summed E-state index contributed by atoms with van der Waals surface area (Å²) < 4.78 is 5.94. The van der Waals surface area contributed by atoms with Crippen molar-refractivity contribution in [2.75, 3.05) is 0 Å². The van der Waals surface area contributed by atoms with Crippen LogP contribution in [0, 0.1) is 16.7 Å². The predicted octanol–water partition coefficient (Wildman–Crippen LogP) is 5.17. The molecular weight excluding hydrogens is 250 g/mol. The zero-order valence-corrected chi connectivity index (χ0v) is 14.6. The van der Waals surface area contributed by atoms with Gasteiger partial charge >= 0.3 is 0 Å². The number of rotatable bonds is 3. The molecule has 0 aromatic heterocycles. The number of hydrogen-bond donors (Lipinski definition) is 0. The van der Waals surface area contributed by atoms with Gasteiger partial charge in [-0.25, -0.2) is 0 Å². The summed E-state index contributed by atoms with van der Waals surface area (Å²) in [5.74, 6) is 0.376. The first-order valence-electron chi connectivity index (χ1n) is 6.62. The first kappa shape index (κ1) is 17.8. The third-order valence-electron chi connectivity index (χ3n) is 3.13. The first-order valence-corrected chi connectivity index (χ1v) is 9.53. The Kier molecular flexibility index (Phi) is 5.87. The van der Waals surface area contributed by atoms with Gasteiger partial charge in [0, 0.05) is 0 Å². The summed E-state index contributed by atoms with van der Waals surface area (Å²) in [6, 6.07) is 2.12. The summed E-state index contributed by atoms with van der Waals surface area (Å²) in [5, 5.41) is 9.23. The molecule has 0 heterocycles. The second-order valence-electron chi connectivity index (χ2n) is 7.35. The molecule has 0 radical (unpaired) electrons. The van der Waals surface area contributed by atoms with Crippen LogP contribution in [0.25, 0.3) is 0 Å². The number of allylic oxidation sites excluding steroid dienone is 3. The maximum atomic E-state index is 9.14. The average molecular weight is 277 g/mol. The van der Waals surface area contributed by atoms with Gasteiger partial charge < -0.3 is 4.43 Å². The van der Waals surface area contributed by atoms with E-state index in [2.05, 4.69) is 66.4 Å². The van der Waals surface area contributed by atoms with Crippen molar-refractivity contribution < 1.29 is 4.43 Å². The van der Waals surface area contributed by atoms with Crippen molar-refractivity contribution in [2.45, 2.75) is 59.7 Å². The fourth-order valence-electron chi connectivity index (χ4n) is 0.944. The Hall–Kier alpha value is -1.23. The maximum absolute atomic E-state index is 9.14.